The zero-order valence-electron chi connectivity index (χ0n) is 21.8. The number of fused-ring (bicyclic) bond motifs is 1. The molecule has 1 aromatic heterocycles. The Kier molecular flexibility index (Phi) is 10.6. The fourth-order valence-electron chi connectivity index (χ4n) is 4.02. The highest BCUT2D eigenvalue weighted by atomic mass is 32.2. The second-order valence-electron chi connectivity index (χ2n) is 8.77. The average molecular weight is 567 g/mol. The topological polar surface area (TPSA) is 178 Å². The number of benzene rings is 2. The van der Waals surface area contributed by atoms with Crippen molar-refractivity contribution in [2.24, 2.45) is 5.73 Å². The fraction of sp³-hybridized carbons (Fsp3) is 0.286. The average Bonchev–Trinajstić information content (AvgIpc) is 2.94. The summed E-state index contributed by atoms with van der Waals surface area (Å²) in [7, 11) is -4.12. The van der Waals surface area contributed by atoms with Gasteiger partial charge in [0.15, 0.2) is 9.84 Å². The zero-order valence-corrected chi connectivity index (χ0v) is 22.7. The van der Waals surface area contributed by atoms with Crippen molar-refractivity contribution in [3.05, 3.63) is 66.0 Å². The minimum Gasteiger partial charge on any atom is -0.481 e. The van der Waals surface area contributed by atoms with Crippen LogP contribution in [0.15, 0.2) is 59.5 Å². The Morgan fingerprint density at radius 1 is 1.10 bits per heavy atom. The van der Waals surface area contributed by atoms with E-state index in [1.54, 1.807) is 37.3 Å². The van der Waals surface area contributed by atoms with Crippen LogP contribution in [0.5, 0.6) is 5.75 Å². The molecule has 2 aromatic carbocycles. The van der Waals surface area contributed by atoms with E-state index in [0.29, 0.717) is 23.3 Å². The zero-order chi connectivity index (χ0) is 29.1. The molecule has 0 fully saturated rings. The SMILES string of the molecule is CC#CCOc1ccc(S(=O)(=O)C(CCCCNC(=O)Cc2cc3ccccc3c(C(N)=O)n2)C(=O)NO)cc1. The van der Waals surface area contributed by atoms with E-state index < -0.39 is 26.9 Å². The summed E-state index contributed by atoms with van der Waals surface area (Å²) in [6.45, 7) is 2.04. The lowest BCUT2D eigenvalue weighted by Gasteiger charge is -2.16. The minimum atomic E-state index is -4.12. The van der Waals surface area contributed by atoms with Crippen LogP contribution in [0.4, 0.5) is 0 Å². The van der Waals surface area contributed by atoms with E-state index in [1.165, 1.54) is 29.7 Å². The van der Waals surface area contributed by atoms with Crippen molar-refractivity contribution in [3.63, 3.8) is 0 Å². The predicted molar refractivity (Wildman–Crippen MR) is 147 cm³/mol. The molecule has 0 aliphatic rings. The molecule has 0 aliphatic heterocycles. The number of primary amides is 1. The molecule has 40 heavy (non-hydrogen) atoms. The lowest BCUT2D eigenvalue weighted by molar-refractivity contribution is -0.129. The van der Waals surface area contributed by atoms with Gasteiger partial charge in [-0.1, -0.05) is 30.2 Å². The van der Waals surface area contributed by atoms with Crippen LogP contribution in [0.3, 0.4) is 0 Å². The number of aromatic nitrogens is 1. The van der Waals surface area contributed by atoms with Gasteiger partial charge in [-0.2, -0.15) is 0 Å². The summed E-state index contributed by atoms with van der Waals surface area (Å²) in [6, 6.07) is 14.4. The first kappa shape index (κ1) is 30.1. The van der Waals surface area contributed by atoms with Crippen LogP contribution >= 0.6 is 0 Å². The van der Waals surface area contributed by atoms with Crippen molar-refractivity contribution in [1.82, 2.24) is 15.8 Å². The second kappa shape index (κ2) is 14.1. The summed E-state index contributed by atoms with van der Waals surface area (Å²) in [6.07, 6.45) is 0.483. The third-order valence-electron chi connectivity index (χ3n) is 6.00. The van der Waals surface area contributed by atoms with E-state index in [1.807, 2.05) is 0 Å². The van der Waals surface area contributed by atoms with Gasteiger partial charge in [0.1, 0.15) is 23.3 Å². The van der Waals surface area contributed by atoms with Crippen LogP contribution in [0.1, 0.15) is 42.4 Å². The smallest absolute Gasteiger partial charge is 0.267 e. The van der Waals surface area contributed by atoms with E-state index in [-0.39, 0.29) is 48.9 Å². The number of rotatable bonds is 13. The van der Waals surface area contributed by atoms with Gasteiger partial charge in [0, 0.05) is 11.9 Å². The van der Waals surface area contributed by atoms with Gasteiger partial charge < -0.3 is 15.8 Å². The maximum atomic E-state index is 13.1. The first-order chi connectivity index (χ1) is 19.2. The molecule has 0 radical (unpaired) electrons. The number of amides is 3. The van der Waals surface area contributed by atoms with E-state index in [9.17, 15) is 22.8 Å². The van der Waals surface area contributed by atoms with Gasteiger partial charge in [-0.25, -0.2) is 18.9 Å². The molecule has 12 heteroatoms. The summed E-state index contributed by atoms with van der Waals surface area (Å²) in [5.41, 5.74) is 7.34. The number of hydrogen-bond donors (Lipinski definition) is 4. The second-order valence-corrected chi connectivity index (χ2v) is 10.9. The number of hydrogen-bond acceptors (Lipinski definition) is 8. The monoisotopic (exact) mass is 566 g/mol. The van der Waals surface area contributed by atoms with Crippen molar-refractivity contribution in [2.75, 3.05) is 13.2 Å². The number of nitrogens with zero attached hydrogens (tertiary/aromatic N) is 1. The van der Waals surface area contributed by atoms with Crippen LogP contribution < -0.4 is 21.3 Å². The molecule has 0 saturated carbocycles. The molecule has 0 spiro atoms. The molecular weight excluding hydrogens is 536 g/mol. The van der Waals surface area contributed by atoms with Gasteiger partial charge in [-0.05, 0) is 61.9 Å². The number of ether oxygens (including phenoxy) is 1. The van der Waals surface area contributed by atoms with Crippen molar-refractivity contribution in [2.45, 2.75) is 42.8 Å². The Hall–Kier alpha value is -4.47. The Morgan fingerprint density at radius 3 is 2.50 bits per heavy atom. The summed E-state index contributed by atoms with van der Waals surface area (Å²) < 4.78 is 31.6. The first-order valence-electron chi connectivity index (χ1n) is 12.4. The lowest BCUT2D eigenvalue weighted by atomic mass is 10.1. The third kappa shape index (κ3) is 7.78. The number of sulfone groups is 1. The van der Waals surface area contributed by atoms with Gasteiger partial charge in [0.05, 0.1) is 17.0 Å². The molecule has 1 atom stereocenters. The van der Waals surface area contributed by atoms with E-state index in [4.69, 9.17) is 15.7 Å². The largest absolute Gasteiger partial charge is 0.481 e. The molecule has 3 rings (SSSR count). The number of nitrogens with two attached hydrogens (primary N) is 1. The van der Waals surface area contributed by atoms with E-state index in [0.717, 1.165) is 5.39 Å². The maximum Gasteiger partial charge on any atom is 0.267 e. The van der Waals surface area contributed by atoms with E-state index in [2.05, 4.69) is 22.1 Å². The van der Waals surface area contributed by atoms with Gasteiger partial charge in [-0.15, -0.1) is 5.92 Å². The van der Waals surface area contributed by atoms with Crippen LogP contribution in [-0.4, -0.2) is 54.7 Å². The number of pyridine rings is 1. The summed E-state index contributed by atoms with van der Waals surface area (Å²) in [5.74, 6) is 3.75. The van der Waals surface area contributed by atoms with Crippen LogP contribution in [0.2, 0.25) is 0 Å². The number of carbonyl (C=O) groups excluding carboxylic acids is 3. The maximum absolute atomic E-state index is 13.1. The third-order valence-corrected chi connectivity index (χ3v) is 8.13. The summed E-state index contributed by atoms with van der Waals surface area (Å²) in [5, 5.41) is 11.7. The van der Waals surface area contributed by atoms with Gasteiger partial charge in [-0.3, -0.25) is 19.6 Å². The molecule has 210 valence electrons. The number of nitrogens with one attached hydrogen (secondary N) is 2. The highest BCUT2D eigenvalue weighted by molar-refractivity contribution is 7.92. The van der Waals surface area contributed by atoms with Crippen molar-refractivity contribution >= 4 is 38.3 Å². The first-order valence-corrected chi connectivity index (χ1v) is 14.0. The Bertz CT molecular complexity index is 1540. The Morgan fingerprint density at radius 2 is 1.82 bits per heavy atom. The lowest BCUT2D eigenvalue weighted by Crippen LogP contribution is -2.38. The number of carbonyl (C=O) groups is 3. The van der Waals surface area contributed by atoms with Crippen molar-refractivity contribution in [1.29, 1.82) is 0 Å². The molecule has 3 aromatic rings. The number of hydroxylamine groups is 1. The molecule has 3 amide bonds. The molecule has 0 aliphatic carbocycles. The van der Waals surface area contributed by atoms with Crippen LogP contribution in [0.25, 0.3) is 10.8 Å². The summed E-state index contributed by atoms with van der Waals surface area (Å²) in [4.78, 5) is 40.6. The quantitative estimate of drug-likeness (QED) is 0.105. The standard InChI is InChI=1S/C28H30N4O7S/c1-2-3-16-39-21-11-13-22(14-12-21)40(37,38)24(28(35)32-36)10-6-7-15-30-25(33)18-20-17-19-8-4-5-9-23(19)26(31-20)27(29)34/h4-5,8-9,11-14,17,24,36H,6-7,10,15-16,18H2,1H3,(H2,29,34)(H,30,33)(H,32,35). The minimum absolute atomic E-state index is 0.0802. The van der Waals surface area contributed by atoms with Gasteiger partial charge in [0.25, 0.3) is 11.8 Å². The summed E-state index contributed by atoms with van der Waals surface area (Å²) >= 11 is 0. The molecular formula is C28H30N4O7S. The van der Waals surface area contributed by atoms with Gasteiger partial charge in [0.2, 0.25) is 5.91 Å². The van der Waals surface area contributed by atoms with Gasteiger partial charge >= 0.3 is 0 Å². The highest BCUT2D eigenvalue weighted by Gasteiger charge is 2.33. The normalized spacial score (nSPS) is 11.7. The van der Waals surface area contributed by atoms with Crippen molar-refractivity contribution in [3.8, 4) is 17.6 Å². The van der Waals surface area contributed by atoms with Crippen LogP contribution in [0, 0.1) is 11.8 Å². The van der Waals surface area contributed by atoms with Crippen LogP contribution in [-0.2, 0) is 25.8 Å². The number of unbranched alkanes of at least 4 members (excludes halogenated alkanes) is 1. The molecule has 11 nitrogen and oxygen atoms in total. The van der Waals surface area contributed by atoms with E-state index >= 15 is 0 Å². The molecule has 5 N–H and O–H groups in total. The Balaban J connectivity index is 1.55. The van der Waals surface area contributed by atoms with Crippen molar-refractivity contribution < 1.29 is 32.7 Å². The molecule has 1 unspecified atom stereocenters. The molecule has 0 bridgehead atoms. The molecule has 1 heterocycles. The Labute approximate surface area is 232 Å². The molecule has 0 saturated heterocycles. The fourth-order valence-corrected chi connectivity index (χ4v) is 5.68. The highest BCUT2D eigenvalue weighted by Crippen LogP contribution is 2.23. The predicted octanol–water partition coefficient (Wildman–Crippen LogP) is 1.91.